The van der Waals surface area contributed by atoms with E-state index in [2.05, 4.69) is 10.3 Å². The van der Waals surface area contributed by atoms with Crippen molar-refractivity contribution in [3.8, 4) is 17.2 Å². The summed E-state index contributed by atoms with van der Waals surface area (Å²) in [5.74, 6) is -0.103. The van der Waals surface area contributed by atoms with Gasteiger partial charge in [0.25, 0.3) is 5.56 Å². The molecule has 3 N–H and O–H groups in total. The van der Waals surface area contributed by atoms with Crippen LogP contribution in [0.3, 0.4) is 0 Å². The molecular weight excluding hydrogens is 430 g/mol. The number of hydrogen-bond acceptors (Lipinski definition) is 5. The van der Waals surface area contributed by atoms with Crippen LogP contribution in [0.25, 0.3) is 11.1 Å². The third-order valence-corrected chi connectivity index (χ3v) is 5.39. The maximum Gasteiger partial charge on any atom is 0.256 e. The highest BCUT2D eigenvalue weighted by molar-refractivity contribution is 5.81. The molecule has 1 heterocycles. The number of amides is 1. The SMILES string of the molecule is CC(C)C[C@H](OC(c1ccccc1)c1ccc(-c2ccc(CO)[nH]c2=O)cc1)C(=O)NCC#N. The number of benzene rings is 2. The van der Waals surface area contributed by atoms with Crippen LogP contribution in [-0.2, 0) is 16.1 Å². The van der Waals surface area contributed by atoms with Gasteiger partial charge in [-0.3, -0.25) is 9.59 Å². The predicted octanol–water partition coefficient (Wildman–Crippen LogP) is 3.69. The molecule has 0 fully saturated rings. The first-order valence-corrected chi connectivity index (χ1v) is 11.2. The molecule has 3 rings (SSSR count). The highest BCUT2D eigenvalue weighted by Crippen LogP contribution is 2.30. The number of aliphatic hydroxyl groups excluding tert-OH is 1. The summed E-state index contributed by atoms with van der Waals surface area (Å²) in [6.07, 6.45) is -0.736. The van der Waals surface area contributed by atoms with Crippen LogP contribution in [-0.4, -0.2) is 28.6 Å². The molecular formula is C27H29N3O4. The Labute approximate surface area is 199 Å². The zero-order valence-electron chi connectivity index (χ0n) is 19.3. The van der Waals surface area contributed by atoms with Crippen molar-refractivity contribution in [2.75, 3.05) is 6.54 Å². The summed E-state index contributed by atoms with van der Waals surface area (Å²) in [7, 11) is 0. The van der Waals surface area contributed by atoms with Gasteiger partial charge in [0.2, 0.25) is 5.91 Å². The number of H-pyrrole nitrogens is 1. The summed E-state index contributed by atoms with van der Waals surface area (Å²) in [6, 6.07) is 22.3. The van der Waals surface area contributed by atoms with E-state index in [1.54, 1.807) is 12.1 Å². The summed E-state index contributed by atoms with van der Waals surface area (Å²) in [6.45, 7) is 3.72. The second-order valence-corrected chi connectivity index (χ2v) is 8.43. The van der Waals surface area contributed by atoms with Gasteiger partial charge >= 0.3 is 0 Å². The van der Waals surface area contributed by atoms with Crippen LogP contribution in [0, 0.1) is 17.2 Å². The molecule has 1 amide bonds. The monoisotopic (exact) mass is 459 g/mol. The largest absolute Gasteiger partial charge is 0.390 e. The zero-order valence-corrected chi connectivity index (χ0v) is 19.3. The minimum atomic E-state index is -0.730. The van der Waals surface area contributed by atoms with Crippen molar-refractivity contribution >= 4 is 5.91 Å². The number of carbonyl (C=O) groups is 1. The maximum atomic E-state index is 12.7. The second-order valence-electron chi connectivity index (χ2n) is 8.43. The quantitative estimate of drug-likeness (QED) is 0.400. The first-order chi connectivity index (χ1) is 16.4. The average Bonchev–Trinajstić information content (AvgIpc) is 2.85. The average molecular weight is 460 g/mol. The van der Waals surface area contributed by atoms with E-state index in [0.717, 1.165) is 16.7 Å². The molecule has 176 valence electrons. The Hall–Kier alpha value is -3.73. The molecule has 0 bridgehead atoms. The molecule has 0 saturated heterocycles. The summed E-state index contributed by atoms with van der Waals surface area (Å²) in [5.41, 5.74) is 3.12. The van der Waals surface area contributed by atoms with E-state index in [4.69, 9.17) is 10.00 Å². The lowest BCUT2D eigenvalue weighted by Crippen LogP contribution is -2.38. The molecule has 0 radical (unpaired) electrons. The number of ether oxygens (including phenoxy) is 1. The van der Waals surface area contributed by atoms with Crippen LogP contribution < -0.4 is 10.9 Å². The minimum Gasteiger partial charge on any atom is -0.390 e. The van der Waals surface area contributed by atoms with Crippen LogP contribution in [0.2, 0.25) is 0 Å². The third-order valence-electron chi connectivity index (χ3n) is 5.39. The van der Waals surface area contributed by atoms with Crippen molar-refractivity contribution in [2.45, 2.75) is 39.1 Å². The Kier molecular flexibility index (Phi) is 8.74. The van der Waals surface area contributed by atoms with Gasteiger partial charge in [-0.25, -0.2) is 0 Å². The molecule has 7 nitrogen and oxygen atoms in total. The zero-order chi connectivity index (χ0) is 24.5. The Balaban J connectivity index is 1.94. The Morgan fingerprint density at radius 3 is 2.32 bits per heavy atom. The van der Waals surface area contributed by atoms with Gasteiger partial charge in [0.15, 0.2) is 0 Å². The van der Waals surface area contributed by atoms with Crippen LogP contribution >= 0.6 is 0 Å². The number of nitrogens with zero attached hydrogens (tertiary/aromatic N) is 1. The van der Waals surface area contributed by atoms with E-state index in [1.165, 1.54) is 0 Å². The van der Waals surface area contributed by atoms with Gasteiger partial charge in [0.05, 0.1) is 12.7 Å². The van der Waals surface area contributed by atoms with E-state index in [1.807, 2.05) is 74.5 Å². The highest BCUT2D eigenvalue weighted by Gasteiger charge is 2.26. The number of aromatic amines is 1. The van der Waals surface area contributed by atoms with E-state index in [-0.39, 0.29) is 30.5 Å². The number of carbonyl (C=O) groups excluding carboxylic acids is 1. The standard InChI is InChI=1S/C27H29N3O4/c1-18(2)16-24(27(33)29-15-14-28)34-25(20-6-4-3-5-7-20)21-10-8-19(9-11-21)23-13-12-22(17-31)30-26(23)32/h3-13,18,24-25,31H,15-17H2,1-2H3,(H,29,33)(H,30,32)/t24-,25?/m0/s1. The lowest BCUT2D eigenvalue weighted by Gasteiger charge is -2.26. The van der Waals surface area contributed by atoms with E-state index in [9.17, 15) is 14.7 Å². The van der Waals surface area contributed by atoms with Crippen molar-refractivity contribution in [3.63, 3.8) is 0 Å². The fourth-order valence-electron chi connectivity index (χ4n) is 3.71. The van der Waals surface area contributed by atoms with Crippen LogP contribution in [0.15, 0.2) is 71.5 Å². The highest BCUT2D eigenvalue weighted by atomic mass is 16.5. The lowest BCUT2D eigenvalue weighted by atomic mass is 9.97. The molecule has 0 saturated carbocycles. The predicted molar refractivity (Wildman–Crippen MR) is 130 cm³/mol. The van der Waals surface area contributed by atoms with Crippen molar-refractivity contribution < 1.29 is 14.6 Å². The van der Waals surface area contributed by atoms with Gasteiger partial charge < -0.3 is 20.1 Å². The minimum absolute atomic E-state index is 0.0783. The lowest BCUT2D eigenvalue weighted by molar-refractivity contribution is -0.136. The Bertz CT molecular complexity index is 1180. The molecule has 1 aromatic heterocycles. The topological polar surface area (TPSA) is 115 Å². The van der Waals surface area contributed by atoms with Crippen LogP contribution in [0.4, 0.5) is 0 Å². The van der Waals surface area contributed by atoms with Gasteiger partial charge in [0, 0.05) is 11.3 Å². The third kappa shape index (κ3) is 6.41. The maximum absolute atomic E-state index is 12.7. The summed E-state index contributed by atoms with van der Waals surface area (Å²) in [5, 5.41) is 20.7. The van der Waals surface area contributed by atoms with E-state index < -0.39 is 12.2 Å². The van der Waals surface area contributed by atoms with Gasteiger partial charge in [-0.05, 0) is 41.2 Å². The number of nitrogens with one attached hydrogen (secondary N) is 2. The number of nitriles is 1. The summed E-state index contributed by atoms with van der Waals surface area (Å²) < 4.78 is 6.37. The Morgan fingerprint density at radius 1 is 1.06 bits per heavy atom. The molecule has 2 aromatic carbocycles. The van der Waals surface area contributed by atoms with Crippen molar-refractivity contribution in [1.82, 2.24) is 10.3 Å². The number of hydrogen-bond donors (Lipinski definition) is 3. The molecule has 1 unspecified atom stereocenters. The first kappa shape index (κ1) is 24.9. The first-order valence-electron chi connectivity index (χ1n) is 11.2. The van der Waals surface area contributed by atoms with Gasteiger partial charge in [-0.15, -0.1) is 0 Å². The van der Waals surface area contributed by atoms with E-state index >= 15 is 0 Å². The number of aromatic nitrogens is 1. The second kappa shape index (κ2) is 11.9. The molecule has 0 spiro atoms. The number of aliphatic hydroxyl groups is 1. The van der Waals surface area contributed by atoms with Crippen molar-refractivity contribution in [1.29, 1.82) is 5.26 Å². The normalized spacial score (nSPS) is 12.7. The molecule has 0 aliphatic carbocycles. The number of rotatable bonds is 10. The molecule has 7 heteroatoms. The molecule has 0 aliphatic rings. The molecule has 3 aromatic rings. The number of pyridine rings is 1. The van der Waals surface area contributed by atoms with Gasteiger partial charge in [-0.2, -0.15) is 5.26 Å². The van der Waals surface area contributed by atoms with Gasteiger partial charge in [-0.1, -0.05) is 68.4 Å². The van der Waals surface area contributed by atoms with Crippen LogP contribution in [0.1, 0.15) is 43.2 Å². The summed E-state index contributed by atoms with van der Waals surface area (Å²) in [4.78, 5) is 27.8. The fourth-order valence-corrected chi connectivity index (χ4v) is 3.71. The molecule has 0 aliphatic heterocycles. The fraction of sp³-hybridized carbons (Fsp3) is 0.296. The molecule has 2 atom stereocenters. The molecule has 34 heavy (non-hydrogen) atoms. The Morgan fingerprint density at radius 2 is 1.74 bits per heavy atom. The van der Waals surface area contributed by atoms with Crippen molar-refractivity contribution in [3.05, 3.63) is 93.9 Å². The van der Waals surface area contributed by atoms with E-state index in [0.29, 0.717) is 17.7 Å². The summed E-state index contributed by atoms with van der Waals surface area (Å²) >= 11 is 0. The van der Waals surface area contributed by atoms with Crippen molar-refractivity contribution in [2.24, 2.45) is 5.92 Å². The van der Waals surface area contributed by atoms with Gasteiger partial charge in [0.1, 0.15) is 18.8 Å². The van der Waals surface area contributed by atoms with Crippen LogP contribution in [0.5, 0.6) is 0 Å². The smallest absolute Gasteiger partial charge is 0.256 e.